The molecule has 0 saturated carbocycles. The van der Waals surface area contributed by atoms with Crippen LogP contribution < -0.4 is 10.2 Å². The Balaban J connectivity index is 1.99. The lowest BCUT2D eigenvalue weighted by Crippen LogP contribution is -2.35. The van der Waals surface area contributed by atoms with Crippen LogP contribution in [0.25, 0.3) is 0 Å². The fraction of sp³-hybridized carbons (Fsp3) is 0.615. The van der Waals surface area contributed by atoms with Crippen molar-refractivity contribution in [2.24, 2.45) is 5.92 Å². The summed E-state index contributed by atoms with van der Waals surface area (Å²) in [7, 11) is 1.67. The molecule has 1 aromatic heterocycles. The number of nitrogens with zero attached hydrogens (tertiary/aromatic N) is 4. The molecular formula is C13H19N5O. The first-order chi connectivity index (χ1) is 9.33. The molecule has 19 heavy (non-hydrogen) atoms. The topological polar surface area (TPSA) is 74.1 Å². The number of nitriles is 1. The van der Waals surface area contributed by atoms with Gasteiger partial charge in [-0.25, -0.2) is 9.97 Å². The van der Waals surface area contributed by atoms with Crippen LogP contribution in [0.15, 0.2) is 12.4 Å². The average molecular weight is 261 g/mol. The quantitative estimate of drug-likeness (QED) is 0.805. The fourth-order valence-electron chi connectivity index (χ4n) is 2.19. The summed E-state index contributed by atoms with van der Waals surface area (Å²) in [6.07, 6.45) is 3.58. The first kappa shape index (κ1) is 13.6. The van der Waals surface area contributed by atoms with Gasteiger partial charge in [0.15, 0.2) is 0 Å². The number of hydrogen-bond donors (Lipinski definition) is 1. The minimum absolute atomic E-state index is 0.105. The van der Waals surface area contributed by atoms with Crippen molar-refractivity contribution in [3.8, 4) is 6.07 Å². The monoisotopic (exact) mass is 261 g/mol. The Morgan fingerprint density at radius 2 is 2.47 bits per heavy atom. The first-order valence-corrected chi connectivity index (χ1v) is 6.53. The molecule has 0 spiro atoms. The number of nitrogens with one attached hydrogen (secondary N) is 1. The van der Waals surface area contributed by atoms with E-state index < -0.39 is 0 Å². The van der Waals surface area contributed by atoms with Crippen LogP contribution >= 0.6 is 0 Å². The zero-order valence-electron chi connectivity index (χ0n) is 11.2. The van der Waals surface area contributed by atoms with Gasteiger partial charge in [-0.3, -0.25) is 0 Å². The molecule has 2 heterocycles. The number of anilines is 2. The van der Waals surface area contributed by atoms with E-state index in [1.165, 1.54) is 0 Å². The van der Waals surface area contributed by atoms with Gasteiger partial charge < -0.3 is 15.0 Å². The summed E-state index contributed by atoms with van der Waals surface area (Å²) in [5.74, 6) is 1.78. The number of piperidine rings is 1. The van der Waals surface area contributed by atoms with Crippen LogP contribution in [0.3, 0.4) is 0 Å². The number of aromatic nitrogens is 2. The van der Waals surface area contributed by atoms with Gasteiger partial charge in [0, 0.05) is 32.8 Å². The summed E-state index contributed by atoms with van der Waals surface area (Å²) < 4.78 is 4.99. The highest BCUT2D eigenvalue weighted by molar-refractivity contribution is 5.48. The van der Waals surface area contributed by atoms with E-state index in [4.69, 9.17) is 10.00 Å². The molecule has 1 fully saturated rings. The molecule has 0 radical (unpaired) electrons. The zero-order valence-corrected chi connectivity index (χ0v) is 11.2. The molecule has 0 bridgehead atoms. The Morgan fingerprint density at radius 3 is 3.26 bits per heavy atom. The maximum Gasteiger partial charge on any atom is 0.134 e. The number of rotatable bonds is 5. The molecule has 1 aliphatic heterocycles. The minimum Gasteiger partial charge on any atom is -0.383 e. The Bertz CT molecular complexity index is 445. The largest absolute Gasteiger partial charge is 0.383 e. The molecule has 1 aromatic rings. The molecule has 1 unspecified atom stereocenters. The van der Waals surface area contributed by atoms with Gasteiger partial charge in [-0.2, -0.15) is 5.26 Å². The van der Waals surface area contributed by atoms with Gasteiger partial charge in [0.05, 0.1) is 18.6 Å². The van der Waals surface area contributed by atoms with Crippen molar-refractivity contribution < 1.29 is 4.74 Å². The predicted octanol–water partition coefficient (Wildman–Crippen LogP) is 1.27. The summed E-state index contributed by atoms with van der Waals surface area (Å²) in [6, 6.07) is 4.27. The van der Waals surface area contributed by atoms with Gasteiger partial charge in [-0.15, -0.1) is 0 Å². The van der Waals surface area contributed by atoms with Crippen molar-refractivity contribution in [3.63, 3.8) is 0 Å². The van der Waals surface area contributed by atoms with Gasteiger partial charge in [-0.1, -0.05) is 0 Å². The maximum atomic E-state index is 9.02. The molecule has 1 aliphatic rings. The summed E-state index contributed by atoms with van der Waals surface area (Å²) in [6.45, 7) is 3.06. The van der Waals surface area contributed by atoms with E-state index in [-0.39, 0.29) is 5.92 Å². The van der Waals surface area contributed by atoms with Crippen LogP contribution in [0.2, 0.25) is 0 Å². The molecule has 1 atom stereocenters. The lowest BCUT2D eigenvalue weighted by Gasteiger charge is -2.30. The van der Waals surface area contributed by atoms with E-state index in [1.807, 2.05) is 6.07 Å². The van der Waals surface area contributed by atoms with Crippen molar-refractivity contribution in [2.45, 2.75) is 12.8 Å². The third-order valence-electron chi connectivity index (χ3n) is 3.19. The lowest BCUT2D eigenvalue weighted by molar-refractivity contribution is 0.210. The molecule has 6 heteroatoms. The first-order valence-electron chi connectivity index (χ1n) is 6.53. The van der Waals surface area contributed by atoms with Crippen molar-refractivity contribution in [3.05, 3.63) is 12.4 Å². The van der Waals surface area contributed by atoms with Crippen LogP contribution in [0, 0.1) is 17.2 Å². The van der Waals surface area contributed by atoms with Crippen molar-refractivity contribution in [2.75, 3.05) is 43.6 Å². The summed E-state index contributed by atoms with van der Waals surface area (Å²) in [5, 5.41) is 12.2. The Kier molecular flexibility index (Phi) is 4.93. The third-order valence-corrected chi connectivity index (χ3v) is 3.19. The van der Waals surface area contributed by atoms with Gasteiger partial charge in [0.25, 0.3) is 0 Å². The Hall–Kier alpha value is -1.87. The SMILES string of the molecule is COCCNc1cc(N2CCCC(C#N)C2)ncn1. The van der Waals surface area contributed by atoms with Crippen molar-refractivity contribution in [1.82, 2.24) is 9.97 Å². The Labute approximate surface area is 113 Å². The Morgan fingerprint density at radius 1 is 1.58 bits per heavy atom. The highest BCUT2D eigenvalue weighted by atomic mass is 16.5. The van der Waals surface area contributed by atoms with E-state index in [9.17, 15) is 0 Å². The molecule has 102 valence electrons. The summed E-state index contributed by atoms with van der Waals surface area (Å²) >= 11 is 0. The molecule has 6 nitrogen and oxygen atoms in total. The summed E-state index contributed by atoms with van der Waals surface area (Å²) in [4.78, 5) is 10.6. The standard InChI is InChI=1S/C13H19N5O/c1-19-6-4-15-12-7-13(17-10-16-12)18-5-2-3-11(8-14)9-18/h7,10-11H,2-6,9H2,1H3,(H,15,16,17). The molecule has 0 aliphatic carbocycles. The third kappa shape index (κ3) is 3.80. The number of ether oxygens (including phenoxy) is 1. The van der Waals surface area contributed by atoms with E-state index in [1.54, 1.807) is 13.4 Å². The maximum absolute atomic E-state index is 9.02. The fourth-order valence-corrected chi connectivity index (χ4v) is 2.19. The molecular weight excluding hydrogens is 242 g/mol. The molecule has 2 rings (SSSR count). The van der Waals surface area contributed by atoms with Gasteiger partial charge in [0.2, 0.25) is 0 Å². The predicted molar refractivity (Wildman–Crippen MR) is 72.9 cm³/mol. The number of methoxy groups -OCH3 is 1. The second kappa shape index (κ2) is 6.90. The van der Waals surface area contributed by atoms with E-state index >= 15 is 0 Å². The van der Waals surface area contributed by atoms with Gasteiger partial charge >= 0.3 is 0 Å². The van der Waals surface area contributed by atoms with E-state index in [0.29, 0.717) is 13.2 Å². The summed E-state index contributed by atoms with van der Waals surface area (Å²) in [5.41, 5.74) is 0. The molecule has 1 saturated heterocycles. The molecule has 0 amide bonds. The molecule has 1 N–H and O–H groups in total. The van der Waals surface area contributed by atoms with Gasteiger partial charge in [-0.05, 0) is 12.8 Å². The molecule has 0 aromatic carbocycles. The smallest absolute Gasteiger partial charge is 0.134 e. The van der Waals surface area contributed by atoms with Crippen LogP contribution in [-0.2, 0) is 4.74 Å². The van der Waals surface area contributed by atoms with E-state index in [2.05, 4.69) is 26.3 Å². The van der Waals surface area contributed by atoms with Crippen LogP contribution in [0.1, 0.15) is 12.8 Å². The zero-order chi connectivity index (χ0) is 13.5. The minimum atomic E-state index is 0.105. The van der Waals surface area contributed by atoms with Crippen molar-refractivity contribution in [1.29, 1.82) is 5.26 Å². The number of hydrogen-bond acceptors (Lipinski definition) is 6. The normalized spacial score (nSPS) is 18.9. The van der Waals surface area contributed by atoms with Crippen LogP contribution in [-0.4, -0.2) is 43.3 Å². The lowest BCUT2D eigenvalue weighted by atomic mass is 10.00. The van der Waals surface area contributed by atoms with Crippen LogP contribution in [0.4, 0.5) is 11.6 Å². The average Bonchev–Trinajstić information content (AvgIpc) is 2.48. The van der Waals surface area contributed by atoms with Gasteiger partial charge in [0.1, 0.15) is 18.0 Å². The van der Waals surface area contributed by atoms with Crippen LogP contribution in [0.5, 0.6) is 0 Å². The van der Waals surface area contributed by atoms with E-state index in [0.717, 1.165) is 37.6 Å². The highest BCUT2D eigenvalue weighted by Gasteiger charge is 2.20. The second-order valence-electron chi connectivity index (χ2n) is 4.60. The highest BCUT2D eigenvalue weighted by Crippen LogP contribution is 2.22. The second-order valence-corrected chi connectivity index (χ2v) is 4.60. The van der Waals surface area contributed by atoms with Crippen molar-refractivity contribution >= 4 is 11.6 Å².